The molecule has 13 atom stereocenters. The molecular weight excluding hydrogens is 440 g/mol. The second-order valence-electron chi connectivity index (χ2n) is 15.4. The van der Waals surface area contributed by atoms with E-state index in [1.807, 2.05) is 0 Å². The molecule has 1 spiro atoms. The fourth-order valence-electron chi connectivity index (χ4n) is 12.2. The third kappa shape index (κ3) is 2.42. The SMILES string of the molecule is C[C@H]1[C@H](C)CC[C@@]23CC[C@]4(C)[C@](OC2=O)([C@H](O)C[C@@H]2[C@@]5(C)C[C@@H](O)[C@@H](O)C(C)(C)[C@@H]5CC[C@]24C)[C@H]13. The largest absolute Gasteiger partial charge is 0.455 e. The van der Waals surface area contributed by atoms with Crippen LogP contribution in [0.5, 0.6) is 0 Å². The Kier molecular flexibility index (Phi) is 4.83. The number of aliphatic hydroxyl groups is 3. The summed E-state index contributed by atoms with van der Waals surface area (Å²) in [7, 11) is 0. The maximum Gasteiger partial charge on any atom is 0.313 e. The summed E-state index contributed by atoms with van der Waals surface area (Å²) >= 11 is 0. The van der Waals surface area contributed by atoms with Gasteiger partial charge in [0.1, 0.15) is 5.60 Å². The molecule has 0 aromatic heterocycles. The van der Waals surface area contributed by atoms with Crippen molar-refractivity contribution in [2.75, 3.05) is 0 Å². The molecule has 35 heavy (non-hydrogen) atoms. The van der Waals surface area contributed by atoms with Gasteiger partial charge in [-0.15, -0.1) is 0 Å². The highest BCUT2D eigenvalue weighted by Gasteiger charge is 2.84. The van der Waals surface area contributed by atoms with E-state index in [1.165, 1.54) is 0 Å². The third-order valence-electron chi connectivity index (χ3n) is 14.3. The highest BCUT2D eigenvalue weighted by atomic mass is 16.6. The number of hydrogen-bond donors (Lipinski definition) is 3. The van der Waals surface area contributed by atoms with Crippen LogP contribution in [0.4, 0.5) is 0 Å². The molecule has 1 saturated heterocycles. The van der Waals surface area contributed by atoms with E-state index in [1.54, 1.807) is 0 Å². The predicted octanol–water partition coefficient (Wildman–Crippen LogP) is 4.71. The molecular formula is C30H48O5. The van der Waals surface area contributed by atoms with Crippen molar-refractivity contribution < 1.29 is 24.9 Å². The Morgan fingerprint density at radius 1 is 0.886 bits per heavy atom. The molecule has 6 aliphatic rings. The van der Waals surface area contributed by atoms with Crippen molar-refractivity contribution in [1.82, 2.24) is 0 Å². The zero-order valence-electron chi connectivity index (χ0n) is 22.9. The van der Waals surface area contributed by atoms with Crippen LogP contribution in [0.1, 0.15) is 99.8 Å². The molecule has 1 aliphatic heterocycles. The van der Waals surface area contributed by atoms with Gasteiger partial charge in [-0.3, -0.25) is 4.79 Å². The number of carbonyl (C=O) groups is 1. The Morgan fingerprint density at radius 2 is 1.57 bits per heavy atom. The second-order valence-corrected chi connectivity index (χ2v) is 15.4. The molecule has 0 aromatic carbocycles. The lowest BCUT2D eigenvalue weighted by molar-refractivity contribution is -0.325. The van der Waals surface area contributed by atoms with E-state index < -0.39 is 29.3 Å². The lowest BCUT2D eigenvalue weighted by Gasteiger charge is -2.75. The van der Waals surface area contributed by atoms with E-state index in [0.29, 0.717) is 24.7 Å². The molecule has 0 aromatic rings. The van der Waals surface area contributed by atoms with Crippen molar-refractivity contribution in [3.63, 3.8) is 0 Å². The van der Waals surface area contributed by atoms with Crippen molar-refractivity contribution in [1.29, 1.82) is 0 Å². The monoisotopic (exact) mass is 488 g/mol. The Bertz CT molecular complexity index is 947. The van der Waals surface area contributed by atoms with Crippen molar-refractivity contribution in [3.8, 4) is 0 Å². The molecule has 5 saturated carbocycles. The van der Waals surface area contributed by atoms with Crippen LogP contribution >= 0.6 is 0 Å². The Hall–Kier alpha value is -0.650. The molecule has 2 bridgehead atoms. The summed E-state index contributed by atoms with van der Waals surface area (Å²) in [6.07, 6.45) is 4.75. The topological polar surface area (TPSA) is 87.0 Å². The van der Waals surface area contributed by atoms with Crippen LogP contribution in [0.15, 0.2) is 0 Å². The fourth-order valence-corrected chi connectivity index (χ4v) is 12.2. The normalized spacial score (nSPS) is 62.7. The zero-order chi connectivity index (χ0) is 25.6. The molecule has 5 nitrogen and oxygen atoms in total. The molecule has 0 amide bonds. The first-order valence-electron chi connectivity index (χ1n) is 14.4. The molecule has 6 fully saturated rings. The summed E-state index contributed by atoms with van der Waals surface area (Å²) in [6, 6.07) is 0. The van der Waals surface area contributed by atoms with Gasteiger partial charge in [-0.1, -0.05) is 48.5 Å². The lowest BCUT2D eigenvalue weighted by Crippen LogP contribution is -2.77. The quantitative estimate of drug-likeness (QED) is 0.430. The average molecular weight is 489 g/mol. The molecule has 198 valence electrons. The molecule has 1 heterocycles. The van der Waals surface area contributed by atoms with Crippen LogP contribution < -0.4 is 0 Å². The highest BCUT2D eigenvalue weighted by Crippen LogP contribution is 2.80. The van der Waals surface area contributed by atoms with E-state index in [-0.39, 0.29) is 45.4 Å². The van der Waals surface area contributed by atoms with Crippen molar-refractivity contribution in [3.05, 3.63) is 0 Å². The van der Waals surface area contributed by atoms with Gasteiger partial charge in [-0.25, -0.2) is 0 Å². The third-order valence-corrected chi connectivity index (χ3v) is 14.3. The molecule has 5 heteroatoms. The average Bonchev–Trinajstić information content (AvgIpc) is 2.99. The molecule has 3 N–H and O–H groups in total. The maximum absolute atomic E-state index is 13.7. The number of ether oxygens (including phenoxy) is 1. The standard InChI is InChI=1S/C30H48O5/c1-16-8-11-29-13-12-28(7)27(6)10-9-19-25(3,4)23(33)18(31)15-26(19,5)20(27)14-21(32)30(28,35-24(29)34)22(29)17(16)2/h16-23,31-33H,8-15H2,1-7H3/t16-,17+,18-,19+,20-,21-,22-,23-,26+,27-,28+,29+,30+/m1/s1. The predicted molar refractivity (Wildman–Crippen MR) is 133 cm³/mol. The number of fused-ring (bicyclic) bond motifs is 4. The van der Waals surface area contributed by atoms with Crippen LogP contribution in [-0.4, -0.2) is 45.2 Å². The van der Waals surface area contributed by atoms with Crippen molar-refractivity contribution >= 4 is 5.97 Å². The highest BCUT2D eigenvalue weighted by molar-refractivity contribution is 5.82. The Morgan fingerprint density at radius 3 is 2.26 bits per heavy atom. The first kappa shape index (κ1) is 24.7. The molecule has 0 radical (unpaired) electrons. The van der Waals surface area contributed by atoms with E-state index in [0.717, 1.165) is 38.5 Å². The minimum Gasteiger partial charge on any atom is -0.455 e. The van der Waals surface area contributed by atoms with Crippen LogP contribution in [0, 0.1) is 56.7 Å². The first-order valence-corrected chi connectivity index (χ1v) is 14.4. The van der Waals surface area contributed by atoms with Crippen LogP contribution in [0.25, 0.3) is 0 Å². The van der Waals surface area contributed by atoms with Gasteiger partial charge in [0, 0.05) is 11.3 Å². The van der Waals surface area contributed by atoms with Gasteiger partial charge in [0.15, 0.2) is 0 Å². The number of rotatable bonds is 0. The van der Waals surface area contributed by atoms with Gasteiger partial charge in [0.25, 0.3) is 0 Å². The van der Waals surface area contributed by atoms with E-state index in [9.17, 15) is 20.1 Å². The smallest absolute Gasteiger partial charge is 0.313 e. The lowest BCUT2D eigenvalue weighted by atomic mass is 9.30. The molecule has 0 unspecified atom stereocenters. The van der Waals surface area contributed by atoms with Gasteiger partial charge in [-0.05, 0) is 91.3 Å². The summed E-state index contributed by atoms with van der Waals surface area (Å²) < 4.78 is 6.63. The Labute approximate surface area is 211 Å². The number of carbonyl (C=O) groups excluding carboxylic acids is 1. The minimum absolute atomic E-state index is 0.0386. The van der Waals surface area contributed by atoms with Gasteiger partial charge >= 0.3 is 5.97 Å². The molecule has 6 rings (SSSR count). The number of aliphatic hydroxyl groups excluding tert-OH is 3. The summed E-state index contributed by atoms with van der Waals surface area (Å²) in [6.45, 7) is 15.9. The van der Waals surface area contributed by atoms with Gasteiger partial charge in [-0.2, -0.15) is 0 Å². The van der Waals surface area contributed by atoms with E-state index in [2.05, 4.69) is 48.5 Å². The molecule has 5 aliphatic carbocycles. The van der Waals surface area contributed by atoms with Gasteiger partial charge in [0.05, 0.1) is 23.7 Å². The zero-order valence-corrected chi connectivity index (χ0v) is 22.9. The van der Waals surface area contributed by atoms with Crippen molar-refractivity contribution in [2.24, 2.45) is 56.7 Å². The summed E-state index contributed by atoms with van der Waals surface area (Å²) in [5, 5.41) is 34.2. The number of hydrogen-bond acceptors (Lipinski definition) is 5. The minimum atomic E-state index is -0.826. The van der Waals surface area contributed by atoms with Gasteiger partial charge < -0.3 is 20.1 Å². The first-order chi connectivity index (χ1) is 16.1. The van der Waals surface area contributed by atoms with E-state index in [4.69, 9.17) is 4.74 Å². The van der Waals surface area contributed by atoms with Crippen LogP contribution in [0.2, 0.25) is 0 Å². The summed E-state index contributed by atoms with van der Waals surface area (Å²) in [5.41, 5.74) is -2.27. The summed E-state index contributed by atoms with van der Waals surface area (Å²) in [5.74, 6) is 1.36. The maximum atomic E-state index is 13.7. The fraction of sp³-hybridized carbons (Fsp3) is 0.967. The van der Waals surface area contributed by atoms with Crippen molar-refractivity contribution in [2.45, 2.75) is 124 Å². The number of esters is 1. The summed E-state index contributed by atoms with van der Waals surface area (Å²) in [4.78, 5) is 13.7. The second kappa shape index (κ2) is 6.86. The Balaban J connectivity index is 1.51. The van der Waals surface area contributed by atoms with Gasteiger partial charge in [0.2, 0.25) is 0 Å². The van der Waals surface area contributed by atoms with E-state index >= 15 is 0 Å². The van der Waals surface area contributed by atoms with Crippen LogP contribution in [-0.2, 0) is 9.53 Å². The van der Waals surface area contributed by atoms with Crippen LogP contribution in [0.3, 0.4) is 0 Å².